The number of nitrogens with two attached hydrogens (primary N) is 1. The Morgan fingerprint density at radius 3 is 2.57 bits per heavy atom. The fraction of sp³-hybridized carbons (Fsp3) is 0.250. The van der Waals surface area contributed by atoms with Crippen LogP contribution in [0.15, 0.2) is 46.6 Å². The van der Waals surface area contributed by atoms with Crippen molar-refractivity contribution in [3.05, 3.63) is 69.0 Å². The summed E-state index contributed by atoms with van der Waals surface area (Å²) in [5.74, 6) is -1.40. The zero-order valence-corrected chi connectivity index (χ0v) is 15.9. The van der Waals surface area contributed by atoms with E-state index in [2.05, 4.69) is 0 Å². The van der Waals surface area contributed by atoms with Gasteiger partial charge in [-0.1, -0.05) is 18.2 Å². The minimum Gasteiger partial charge on any atom is -0.465 e. The number of methoxy groups -OCH3 is 1. The van der Waals surface area contributed by atoms with Gasteiger partial charge in [-0.15, -0.1) is 0 Å². The summed E-state index contributed by atoms with van der Waals surface area (Å²) in [7, 11) is 4.38. The Kier molecular flexibility index (Phi) is 3.65. The van der Waals surface area contributed by atoms with E-state index in [4.69, 9.17) is 15.2 Å². The second kappa shape index (κ2) is 5.72. The van der Waals surface area contributed by atoms with Crippen LogP contribution in [0.3, 0.4) is 0 Å². The van der Waals surface area contributed by atoms with Crippen molar-refractivity contribution in [3.8, 4) is 5.75 Å². The van der Waals surface area contributed by atoms with E-state index >= 15 is 0 Å². The smallest absolute Gasteiger partial charge is 0.340 e. The quantitative estimate of drug-likeness (QED) is 0.729. The summed E-state index contributed by atoms with van der Waals surface area (Å²) in [5, 5.41) is 0. The van der Waals surface area contributed by atoms with E-state index in [1.165, 1.54) is 16.6 Å². The lowest BCUT2D eigenvalue weighted by atomic mass is 9.68. The molecular weight excluding hydrogens is 362 g/mol. The van der Waals surface area contributed by atoms with Crippen LogP contribution >= 0.6 is 0 Å². The predicted molar refractivity (Wildman–Crippen MR) is 101 cm³/mol. The fourth-order valence-corrected chi connectivity index (χ4v) is 4.10. The molecule has 0 radical (unpaired) electrons. The maximum absolute atomic E-state index is 13.7. The van der Waals surface area contributed by atoms with Crippen LogP contribution in [-0.2, 0) is 26.8 Å². The second-order valence-electron chi connectivity index (χ2n) is 6.85. The minimum absolute atomic E-state index is 0.0528. The van der Waals surface area contributed by atoms with E-state index in [0.717, 1.165) is 0 Å². The molecule has 2 aliphatic heterocycles. The third-order valence-corrected chi connectivity index (χ3v) is 5.53. The SMILES string of the molecule is COC(=O)C1=C(N)Oc2cc(C)n(C)c(=O)c2C12C(=O)N(C)c1ccccc12. The average molecular weight is 381 g/mol. The highest BCUT2D eigenvalue weighted by Gasteiger charge is 2.61. The lowest BCUT2D eigenvalue weighted by Crippen LogP contribution is -2.51. The van der Waals surface area contributed by atoms with Gasteiger partial charge in [0.25, 0.3) is 5.56 Å². The Morgan fingerprint density at radius 2 is 1.89 bits per heavy atom. The number of anilines is 1. The molecule has 144 valence electrons. The van der Waals surface area contributed by atoms with Crippen LogP contribution in [0.1, 0.15) is 16.8 Å². The zero-order chi connectivity index (χ0) is 20.4. The fourth-order valence-electron chi connectivity index (χ4n) is 4.10. The first-order valence-corrected chi connectivity index (χ1v) is 8.62. The number of carbonyl (C=O) groups excluding carboxylic acids is 2. The molecule has 1 aromatic heterocycles. The number of fused-ring (bicyclic) bond motifs is 4. The van der Waals surface area contributed by atoms with E-state index in [-0.39, 0.29) is 22.8 Å². The molecule has 2 N–H and O–H groups in total. The molecule has 0 saturated heterocycles. The second-order valence-corrected chi connectivity index (χ2v) is 6.85. The molecule has 8 heteroatoms. The Hall–Kier alpha value is -3.55. The molecule has 0 bridgehead atoms. The number of para-hydroxylation sites is 1. The molecule has 0 aliphatic carbocycles. The van der Waals surface area contributed by atoms with Crippen LogP contribution in [0.4, 0.5) is 5.69 Å². The maximum atomic E-state index is 13.7. The largest absolute Gasteiger partial charge is 0.465 e. The summed E-state index contributed by atoms with van der Waals surface area (Å²) in [6.07, 6.45) is 0. The molecule has 1 atom stereocenters. The molecular formula is C20H19N3O5. The van der Waals surface area contributed by atoms with E-state index in [0.29, 0.717) is 16.9 Å². The first-order chi connectivity index (χ1) is 13.3. The summed E-state index contributed by atoms with van der Waals surface area (Å²) >= 11 is 0. The van der Waals surface area contributed by atoms with Crippen molar-refractivity contribution in [1.82, 2.24) is 4.57 Å². The number of rotatable bonds is 1. The van der Waals surface area contributed by atoms with Gasteiger partial charge in [-0.2, -0.15) is 0 Å². The number of carbonyl (C=O) groups is 2. The van der Waals surface area contributed by atoms with Gasteiger partial charge < -0.3 is 24.7 Å². The van der Waals surface area contributed by atoms with Crippen molar-refractivity contribution in [2.45, 2.75) is 12.3 Å². The number of aryl methyl sites for hydroxylation is 1. The van der Waals surface area contributed by atoms with Crippen LogP contribution in [0.2, 0.25) is 0 Å². The van der Waals surface area contributed by atoms with Crippen molar-refractivity contribution in [2.75, 3.05) is 19.1 Å². The number of ether oxygens (including phenoxy) is 2. The molecule has 28 heavy (non-hydrogen) atoms. The molecule has 1 aromatic carbocycles. The van der Waals surface area contributed by atoms with Gasteiger partial charge in [0, 0.05) is 37.1 Å². The van der Waals surface area contributed by atoms with Crippen LogP contribution < -0.4 is 20.9 Å². The topological polar surface area (TPSA) is 104 Å². The van der Waals surface area contributed by atoms with Crippen LogP contribution in [-0.4, -0.2) is 30.6 Å². The Morgan fingerprint density at radius 1 is 1.21 bits per heavy atom. The van der Waals surface area contributed by atoms with Crippen LogP contribution in [0.5, 0.6) is 5.75 Å². The van der Waals surface area contributed by atoms with E-state index in [1.807, 2.05) is 0 Å². The van der Waals surface area contributed by atoms with E-state index < -0.39 is 22.9 Å². The van der Waals surface area contributed by atoms with Gasteiger partial charge in [0.15, 0.2) is 0 Å². The van der Waals surface area contributed by atoms with Crippen molar-refractivity contribution >= 4 is 17.6 Å². The van der Waals surface area contributed by atoms with Crippen LogP contribution in [0.25, 0.3) is 0 Å². The summed E-state index contributed by atoms with van der Waals surface area (Å²) in [4.78, 5) is 41.1. The Labute approximate surface area is 160 Å². The highest BCUT2D eigenvalue weighted by atomic mass is 16.5. The standard InChI is InChI=1S/C20H19N3O5/c1-10-9-13-14(17(24)22(10)2)20(15(16(21)28-13)18(25)27-4)11-7-5-6-8-12(11)23(3)19(20)26/h5-9H,21H2,1-4H3. The highest BCUT2D eigenvalue weighted by molar-refractivity contribution is 6.18. The summed E-state index contributed by atoms with van der Waals surface area (Å²) in [5.41, 5.74) is 5.48. The molecule has 8 nitrogen and oxygen atoms in total. The van der Waals surface area contributed by atoms with Gasteiger partial charge >= 0.3 is 5.97 Å². The molecule has 0 fully saturated rings. The first kappa shape index (κ1) is 17.8. The monoisotopic (exact) mass is 381 g/mol. The number of aromatic nitrogens is 1. The number of nitrogens with zero attached hydrogens (tertiary/aromatic N) is 2. The normalized spacial score (nSPS) is 20.1. The van der Waals surface area contributed by atoms with Gasteiger partial charge in [-0.05, 0) is 13.0 Å². The zero-order valence-electron chi connectivity index (χ0n) is 15.9. The molecule has 1 amide bonds. The number of amides is 1. The number of hydrogen-bond acceptors (Lipinski definition) is 6. The average Bonchev–Trinajstić information content (AvgIpc) is 2.89. The van der Waals surface area contributed by atoms with Crippen molar-refractivity contribution in [2.24, 2.45) is 12.8 Å². The lowest BCUT2D eigenvalue weighted by molar-refractivity contribution is -0.138. The number of likely N-dealkylation sites (N-methyl/N-ethyl adjacent to an activating group) is 1. The molecule has 1 unspecified atom stereocenters. The van der Waals surface area contributed by atoms with E-state index in [1.54, 1.807) is 51.4 Å². The van der Waals surface area contributed by atoms with Crippen molar-refractivity contribution in [1.29, 1.82) is 0 Å². The summed E-state index contributed by atoms with van der Waals surface area (Å²) < 4.78 is 12.0. The third-order valence-electron chi connectivity index (χ3n) is 5.53. The van der Waals surface area contributed by atoms with Gasteiger partial charge in [0.1, 0.15) is 16.7 Å². The third kappa shape index (κ3) is 1.91. The first-order valence-electron chi connectivity index (χ1n) is 8.62. The number of benzene rings is 1. The predicted octanol–water partition coefficient (Wildman–Crippen LogP) is 0.692. The molecule has 0 saturated carbocycles. The Bertz CT molecular complexity index is 1150. The van der Waals surface area contributed by atoms with E-state index in [9.17, 15) is 14.4 Å². The minimum atomic E-state index is -1.74. The number of hydrogen-bond donors (Lipinski definition) is 1. The summed E-state index contributed by atoms with van der Waals surface area (Å²) in [6.45, 7) is 1.74. The summed E-state index contributed by atoms with van der Waals surface area (Å²) in [6, 6.07) is 8.61. The lowest BCUT2D eigenvalue weighted by Gasteiger charge is -2.35. The molecule has 2 aliphatic rings. The maximum Gasteiger partial charge on any atom is 0.340 e. The van der Waals surface area contributed by atoms with Gasteiger partial charge in [0.2, 0.25) is 11.8 Å². The van der Waals surface area contributed by atoms with Gasteiger partial charge in [-0.3, -0.25) is 9.59 Å². The number of pyridine rings is 1. The molecule has 4 rings (SSSR count). The highest BCUT2D eigenvalue weighted by Crippen LogP contribution is 2.54. The molecule has 3 heterocycles. The Balaban J connectivity index is 2.25. The molecule has 2 aromatic rings. The van der Waals surface area contributed by atoms with Crippen molar-refractivity contribution in [3.63, 3.8) is 0 Å². The van der Waals surface area contributed by atoms with Crippen molar-refractivity contribution < 1.29 is 19.1 Å². The van der Waals surface area contributed by atoms with Crippen LogP contribution in [0, 0.1) is 6.92 Å². The van der Waals surface area contributed by atoms with Gasteiger partial charge in [0.05, 0.1) is 12.7 Å². The molecule has 1 spiro atoms. The van der Waals surface area contributed by atoms with Gasteiger partial charge in [-0.25, -0.2) is 4.79 Å². The number of esters is 1.